The van der Waals surface area contributed by atoms with E-state index < -0.39 is 10.0 Å². The Hall–Kier alpha value is -2.38. The van der Waals surface area contributed by atoms with Gasteiger partial charge in [-0.1, -0.05) is 12.1 Å². The lowest BCUT2D eigenvalue weighted by molar-refractivity contribution is 0.403. The molecule has 0 amide bonds. The van der Waals surface area contributed by atoms with Crippen LogP contribution in [0.1, 0.15) is 10.6 Å². The second kappa shape index (κ2) is 7.09. The third kappa shape index (κ3) is 3.45. The van der Waals surface area contributed by atoms with Gasteiger partial charge in [-0.25, -0.2) is 13.4 Å². The number of methoxy groups -OCH3 is 1. The van der Waals surface area contributed by atoms with Crippen LogP contribution in [-0.4, -0.2) is 27.6 Å². The van der Waals surface area contributed by atoms with Crippen LogP contribution in [0.2, 0.25) is 0 Å². The highest BCUT2D eigenvalue weighted by atomic mass is 32.2. The quantitative estimate of drug-likeness (QED) is 0.655. The number of hydrogen-bond donors (Lipinski definition) is 0. The number of hydrogen-bond acceptors (Lipinski definition) is 5. The lowest BCUT2D eigenvalue weighted by atomic mass is 10.2. The number of rotatable bonds is 5. The van der Waals surface area contributed by atoms with Gasteiger partial charge in [0.25, 0.3) is 10.0 Å². The number of aryl methyl sites for hydroxylation is 2. The van der Waals surface area contributed by atoms with Gasteiger partial charge in [-0.05, 0) is 49.7 Å². The third-order valence-electron chi connectivity index (χ3n) is 4.08. The summed E-state index contributed by atoms with van der Waals surface area (Å²) in [6.45, 7) is 3.84. The van der Waals surface area contributed by atoms with E-state index >= 15 is 0 Å². The molecule has 0 saturated carbocycles. The molecule has 2 aromatic carbocycles. The molecule has 0 aliphatic heterocycles. The summed E-state index contributed by atoms with van der Waals surface area (Å²) in [6, 6.07) is 12.5. The zero-order valence-corrected chi connectivity index (χ0v) is 16.7. The van der Waals surface area contributed by atoms with Gasteiger partial charge in [0.05, 0.1) is 23.5 Å². The van der Waals surface area contributed by atoms with Gasteiger partial charge in [-0.3, -0.25) is 4.31 Å². The van der Waals surface area contributed by atoms with Crippen molar-refractivity contribution in [1.29, 1.82) is 0 Å². The zero-order valence-electron chi connectivity index (χ0n) is 15.1. The molecular weight excluding hydrogens is 368 g/mol. The first-order valence-corrected chi connectivity index (χ1v) is 10.3. The normalized spacial score (nSPS) is 11.4. The van der Waals surface area contributed by atoms with E-state index in [4.69, 9.17) is 4.74 Å². The number of anilines is 1. The van der Waals surface area contributed by atoms with Crippen molar-refractivity contribution in [3.63, 3.8) is 0 Å². The maximum Gasteiger partial charge on any atom is 0.267 e. The maximum atomic E-state index is 13.2. The Morgan fingerprint density at radius 2 is 1.88 bits per heavy atom. The van der Waals surface area contributed by atoms with Gasteiger partial charge in [0.1, 0.15) is 10.6 Å². The van der Waals surface area contributed by atoms with Crippen molar-refractivity contribution in [2.45, 2.75) is 18.7 Å². The van der Waals surface area contributed by atoms with Crippen molar-refractivity contribution >= 4 is 27.0 Å². The van der Waals surface area contributed by atoms with Crippen molar-refractivity contribution in [3.05, 3.63) is 58.4 Å². The number of thiazole rings is 1. The number of benzene rings is 2. The highest BCUT2D eigenvalue weighted by Gasteiger charge is 2.26. The molecular formula is C19H20N2O3S2. The standard InChI is InChI=1S/C19H20N2O3S2/c1-13-6-5-7-16(10-13)21(3)26(22,23)19-11-15(8-9-18(19)24-4)17-12-25-14(2)20-17/h5-12H,1-4H3. The summed E-state index contributed by atoms with van der Waals surface area (Å²) in [5.74, 6) is 0.306. The van der Waals surface area contributed by atoms with Crippen LogP contribution in [0.5, 0.6) is 5.75 Å². The Kier molecular flexibility index (Phi) is 5.02. The molecule has 0 N–H and O–H groups in total. The van der Waals surface area contributed by atoms with Crippen LogP contribution in [-0.2, 0) is 10.0 Å². The molecule has 0 spiro atoms. The number of aromatic nitrogens is 1. The van der Waals surface area contributed by atoms with Crippen LogP contribution in [0.15, 0.2) is 52.7 Å². The van der Waals surface area contributed by atoms with Crippen molar-refractivity contribution in [3.8, 4) is 17.0 Å². The SMILES string of the molecule is COc1ccc(-c2csc(C)n2)cc1S(=O)(=O)N(C)c1cccc(C)c1. The van der Waals surface area contributed by atoms with Crippen LogP contribution < -0.4 is 9.04 Å². The molecule has 26 heavy (non-hydrogen) atoms. The largest absolute Gasteiger partial charge is 0.495 e. The van der Waals surface area contributed by atoms with Crippen molar-refractivity contribution in [2.24, 2.45) is 0 Å². The molecule has 7 heteroatoms. The van der Waals surface area contributed by atoms with E-state index in [-0.39, 0.29) is 4.90 Å². The Labute approximate surface area is 157 Å². The molecule has 0 radical (unpaired) electrons. The molecule has 0 atom stereocenters. The Bertz CT molecular complexity index is 1040. The first kappa shape index (κ1) is 18.4. The fourth-order valence-corrected chi connectivity index (χ4v) is 4.63. The first-order valence-electron chi connectivity index (χ1n) is 7.99. The van der Waals surface area contributed by atoms with E-state index in [1.807, 2.05) is 43.5 Å². The van der Waals surface area contributed by atoms with Gasteiger partial charge in [0.2, 0.25) is 0 Å². The molecule has 0 bridgehead atoms. The number of sulfonamides is 1. The van der Waals surface area contributed by atoms with Crippen LogP contribution in [0.25, 0.3) is 11.3 Å². The fraction of sp³-hybridized carbons (Fsp3) is 0.211. The summed E-state index contributed by atoms with van der Waals surface area (Å²) < 4.78 is 33.1. The second-order valence-corrected chi connectivity index (χ2v) is 8.93. The summed E-state index contributed by atoms with van der Waals surface area (Å²) >= 11 is 1.53. The monoisotopic (exact) mass is 388 g/mol. The average Bonchev–Trinajstić information content (AvgIpc) is 3.07. The van der Waals surface area contributed by atoms with E-state index in [2.05, 4.69) is 4.98 Å². The van der Waals surface area contributed by atoms with Crippen molar-refractivity contribution in [1.82, 2.24) is 4.98 Å². The maximum absolute atomic E-state index is 13.2. The average molecular weight is 389 g/mol. The van der Waals surface area contributed by atoms with E-state index in [1.165, 1.54) is 22.8 Å². The zero-order chi connectivity index (χ0) is 18.9. The third-order valence-corrected chi connectivity index (χ3v) is 6.66. The van der Waals surface area contributed by atoms with Gasteiger partial charge in [0, 0.05) is 18.0 Å². The van der Waals surface area contributed by atoms with E-state index in [9.17, 15) is 8.42 Å². The van der Waals surface area contributed by atoms with Crippen LogP contribution in [0.3, 0.4) is 0 Å². The minimum Gasteiger partial charge on any atom is -0.495 e. The molecule has 3 rings (SSSR count). The molecule has 0 saturated heterocycles. The minimum absolute atomic E-state index is 0.118. The highest BCUT2D eigenvalue weighted by molar-refractivity contribution is 7.93. The second-order valence-electron chi connectivity index (χ2n) is 5.93. The summed E-state index contributed by atoms with van der Waals surface area (Å²) in [5.41, 5.74) is 3.08. The van der Waals surface area contributed by atoms with Crippen LogP contribution >= 0.6 is 11.3 Å². The Balaban J connectivity index is 2.11. The van der Waals surface area contributed by atoms with Crippen LogP contribution in [0.4, 0.5) is 5.69 Å². The summed E-state index contributed by atoms with van der Waals surface area (Å²) in [6.07, 6.45) is 0. The number of nitrogens with zero attached hydrogens (tertiary/aromatic N) is 2. The van der Waals surface area contributed by atoms with Gasteiger partial charge in [-0.2, -0.15) is 0 Å². The van der Waals surface area contributed by atoms with Crippen LogP contribution in [0, 0.1) is 13.8 Å². The minimum atomic E-state index is -3.79. The molecule has 1 aromatic heterocycles. The van der Waals surface area contributed by atoms with E-state index in [0.717, 1.165) is 21.8 Å². The molecule has 0 unspecified atom stereocenters. The predicted octanol–water partition coefficient (Wildman–Crippen LogP) is 4.26. The molecule has 0 aliphatic rings. The van der Waals surface area contributed by atoms with Gasteiger partial charge in [-0.15, -0.1) is 11.3 Å². The lowest BCUT2D eigenvalue weighted by Gasteiger charge is -2.21. The molecule has 0 fully saturated rings. The number of ether oxygens (including phenoxy) is 1. The first-order chi connectivity index (χ1) is 12.3. The van der Waals surface area contributed by atoms with E-state index in [1.54, 1.807) is 25.2 Å². The molecule has 5 nitrogen and oxygen atoms in total. The molecule has 0 aliphatic carbocycles. The fourth-order valence-electron chi connectivity index (χ4n) is 2.64. The van der Waals surface area contributed by atoms with E-state index in [0.29, 0.717) is 11.4 Å². The topological polar surface area (TPSA) is 59.5 Å². The molecule has 136 valence electrons. The molecule has 3 aromatic rings. The molecule has 1 heterocycles. The van der Waals surface area contributed by atoms with Gasteiger partial charge in [0.15, 0.2) is 0 Å². The predicted molar refractivity (Wildman–Crippen MR) is 106 cm³/mol. The Morgan fingerprint density at radius 3 is 2.50 bits per heavy atom. The van der Waals surface area contributed by atoms with Crippen molar-refractivity contribution in [2.75, 3.05) is 18.5 Å². The lowest BCUT2D eigenvalue weighted by Crippen LogP contribution is -2.27. The Morgan fingerprint density at radius 1 is 1.12 bits per heavy atom. The summed E-state index contributed by atoms with van der Waals surface area (Å²) in [5, 5.41) is 2.84. The summed E-state index contributed by atoms with van der Waals surface area (Å²) in [4.78, 5) is 4.56. The van der Waals surface area contributed by atoms with Gasteiger partial charge < -0.3 is 4.74 Å². The highest BCUT2D eigenvalue weighted by Crippen LogP contribution is 2.33. The summed E-state index contributed by atoms with van der Waals surface area (Å²) in [7, 11) is -0.780. The van der Waals surface area contributed by atoms with Gasteiger partial charge >= 0.3 is 0 Å². The smallest absolute Gasteiger partial charge is 0.267 e. The van der Waals surface area contributed by atoms with Crippen molar-refractivity contribution < 1.29 is 13.2 Å².